The lowest BCUT2D eigenvalue weighted by Crippen LogP contribution is -2.44. The zero-order valence-electron chi connectivity index (χ0n) is 18.5. The maximum absolute atomic E-state index is 13.4. The molecule has 6 heteroatoms. The summed E-state index contributed by atoms with van der Waals surface area (Å²) >= 11 is 3.40. The first-order valence-electron chi connectivity index (χ1n) is 10.8. The average molecular weight is 497 g/mol. The van der Waals surface area contributed by atoms with Crippen molar-refractivity contribution in [2.75, 3.05) is 19.6 Å². The molecule has 3 rings (SSSR count). The van der Waals surface area contributed by atoms with Crippen LogP contribution < -0.4 is 0 Å². The van der Waals surface area contributed by atoms with E-state index in [1.165, 1.54) is 0 Å². The largest absolute Gasteiger partial charge is 0.467 e. The number of nitrogens with zero attached hydrogens (tertiary/aromatic N) is 2. The first-order valence-corrected chi connectivity index (χ1v) is 11.6. The summed E-state index contributed by atoms with van der Waals surface area (Å²) in [4.78, 5) is 29.9. The Morgan fingerprint density at radius 1 is 0.938 bits per heavy atom. The number of benzene rings is 2. The molecule has 0 saturated carbocycles. The van der Waals surface area contributed by atoms with Crippen molar-refractivity contribution in [2.45, 2.75) is 26.8 Å². The van der Waals surface area contributed by atoms with E-state index in [1.807, 2.05) is 56.3 Å². The van der Waals surface area contributed by atoms with Gasteiger partial charge in [-0.05, 0) is 54.3 Å². The molecule has 0 N–H and O–H groups in total. The molecule has 3 aromatic rings. The smallest absolute Gasteiger partial charge is 0.254 e. The zero-order chi connectivity index (χ0) is 22.9. The van der Waals surface area contributed by atoms with E-state index in [0.29, 0.717) is 25.2 Å². The Balaban J connectivity index is 1.75. The van der Waals surface area contributed by atoms with Crippen LogP contribution in [0.25, 0.3) is 0 Å². The number of carbonyl (C=O) groups excluding carboxylic acids is 2. The molecule has 0 radical (unpaired) electrons. The fraction of sp³-hybridized carbons (Fsp3) is 0.308. The summed E-state index contributed by atoms with van der Waals surface area (Å²) in [6.45, 7) is 5.55. The summed E-state index contributed by atoms with van der Waals surface area (Å²) in [6.07, 6.45) is 2.34. The minimum atomic E-state index is -0.138. The number of furan rings is 1. The highest BCUT2D eigenvalue weighted by molar-refractivity contribution is 9.10. The Bertz CT molecular complexity index is 986. The fourth-order valence-corrected chi connectivity index (χ4v) is 3.75. The van der Waals surface area contributed by atoms with E-state index in [0.717, 1.165) is 22.2 Å². The molecule has 168 valence electrons. The molecule has 0 atom stereocenters. The third kappa shape index (κ3) is 7.09. The van der Waals surface area contributed by atoms with Gasteiger partial charge in [0, 0.05) is 23.1 Å². The van der Waals surface area contributed by atoms with Gasteiger partial charge >= 0.3 is 0 Å². The highest BCUT2D eigenvalue weighted by atomic mass is 79.9. The Labute approximate surface area is 198 Å². The van der Waals surface area contributed by atoms with Crippen molar-refractivity contribution >= 4 is 27.7 Å². The molecule has 0 unspecified atom stereocenters. The molecule has 1 heterocycles. The molecule has 0 aliphatic heterocycles. The molecular weight excluding hydrogens is 468 g/mol. The third-order valence-electron chi connectivity index (χ3n) is 5.08. The molecule has 0 fully saturated rings. The number of carbonyl (C=O) groups is 2. The number of amides is 2. The first-order chi connectivity index (χ1) is 15.4. The molecule has 2 amide bonds. The quantitative estimate of drug-likeness (QED) is 0.376. The summed E-state index contributed by atoms with van der Waals surface area (Å²) in [5.74, 6) is 0.732. The van der Waals surface area contributed by atoms with Crippen LogP contribution in [0.3, 0.4) is 0 Å². The summed E-state index contributed by atoms with van der Waals surface area (Å²) in [5.41, 5.74) is 1.73. The van der Waals surface area contributed by atoms with Gasteiger partial charge < -0.3 is 14.2 Å². The maximum Gasteiger partial charge on any atom is 0.254 e. The van der Waals surface area contributed by atoms with Gasteiger partial charge in [-0.1, -0.05) is 60.1 Å². The van der Waals surface area contributed by atoms with Gasteiger partial charge in [-0.15, -0.1) is 0 Å². The molecule has 0 aliphatic rings. The van der Waals surface area contributed by atoms with E-state index in [-0.39, 0.29) is 24.3 Å². The maximum atomic E-state index is 13.4. The van der Waals surface area contributed by atoms with Crippen LogP contribution in [-0.4, -0.2) is 41.2 Å². The standard InChI is InChI=1S/C26H29BrN2O3/c1-20(2)17-29(26(31)22-10-12-23(27)13-11-22)19-25(30)28(18-24-9-6-16-32-24)15-14-21-7-4-3-5-8-21/h3-13,16,20H,14-15,17-19H2,1-2H3. The highest BCUT2D eigenvalue weighted by Crippen LogP contribution is 2.15. The normalized spacial score (nSPS) is 10.9. The van der Waals surface area contributed by atoms with Crippen molar-refractivity contribution in [2.24, 2.45) is 5.92 Å². The van der Waals surface area contributed by atoms with Crippen molar-refractivity contribution in [1.29, 1.82) is 0 Å². The lowest BCUT2D eigenvalue weighted by molar-refractivity contribution is -0.132. The lowest BCUT2D eigenvalue weighted by atomic mass is 10.1. The highest BCUT2D eigenvalue weighted by Gasteiger charge is 2.23. The van der Waals surface area contributed by atoms with Crippen molar-refractivity contribution in [3.05, 3.63) is 94.4 Å². The molecule has 0 saturated heterocycles. The van der Waals surface area contributed by atoms with Crippen LogP contribution in [0.4, 0.5) is 0 Å². The lowest BCUT2D eigenvalue weighted by Gasteiger charge is -2.28. The summed E-state index contributed by atoms with van der Waals surface area (Å²) < 4.78 is 6.39. The van der Waals surface area contributed by atoms with Crippen molar-refractivity contribution in [1.82, 2.24) is 9.80 Å². The predicted octanol–water partition coefficient (Wildman–Crippen LogP) is 5.41. The van der Waals surface area contributed by atoms with E-state index in [9.17, 15) is 9.59 Å². The molecule has 0 aliphatic carbocycles. The Morgan fingerprint density at radius 2 is 1.66 bits per heavy atom. The van der Waals surface area contributed by atoms with Crippen molar-refractivity contribution < 1.29 is 14.0 Å². The topological polar surface area (TPSA) is 53.8 Å². The van der Waals surface area contributed by atoms with Crippen LogP contribution in [0.2, 0.25) is 0 Å². The SMILES string of the molecule is CC(C)CN(CC(=O)N(CCc1ccccc1)Cc1ccco1)C(=O)c1ccc(Br)cc1. The van der Waals surface area contributed by atoms with Crippen molar-refractivity contribution in [3.8, 4) is 0 Å². The number of halogens is 1. The van der Waals surface area contributed by atoms with E-state index in [2.05, 4.69) is 28.1 Å². The number of hydrogen-bond donors (Lipinski definition) is 0. The second-order valence-corrected chi connectivity index (χ2v) is 9.13. The van der Waals surface area contributed by atoms with E-state index >= 15 is 0 Å². The third-order valence-corrected chi connectivity index (χ3v) is 5.61. The zero-order valence-corrected chi connectivity index (χ0v) is 20.1. The van der Waals surface area contributed by atoms with Crippen LogP contribution in [0, 0.1) is 5.92 Å². The van der Waals surface area contributed by atoms with Crippen LogP contribution in [0.1, 0.15) is 35.5 Å². The van der Waals surface area contributed by atoms with E-state index < -0.39 is 0 Å². The molecule has 1 aromatic heterocycles. The van der Waals surface area contributed by atoms with E-state index in [1.54, 1.807) is 28.2 Å². The second-order valence-electron chi connectivity index (χ2n) is 8.22. The summed E-state index contributed by atoms with van der Waals surface area (Å²) in [7, 11) is 0. The second kappa shape index (κ2) is 11.7. The van der Waals surface area contributed by atoms with Gasteiger partial charge in [0.05, 0.1) is 12.8 Å². The minimum Gasteiger partial charge on any atom is -0.467 e. The van der Waals surface area contributed by atoms with Crippen LogP contribution >= 0.6 is 15.9 Å². The van der Waals surface area contributed by atoms with Gasteiger partial charge in [0.2, 0.25) is 5.91 Å². The van der Waals surface area contributed by atoms with Crippen LogP contribution in [0.5, 0.6) is 0 Å². The van der Waals surface area contributed by atoms with Gasteiger partial charge in [-0.3, -0.25) is 9.59 Å². The van der Waals surface area contributed by atoms with Crippen molar-refractivity contribution in [3.63, 3.8) is 0 Å². The minimum absolute atomic E-state index is 0.0303. The number of rotatable bonds is 10. The first kappa shape index (κ1) is 23.8. The molecular formula is C26H29BrN2O3. The van der Waals surface area contributed by atoms with E-state index in [4.69, 9.17) is 4.42 Å². The average Bonchev–Trinajstić information content (AvgIpc) is 3.30. The summed E-state index contributed by atoms with van der Waals surface area (Å²) in [6, 6.07) is 21.0. The number of hydrogen-bond acceptors (Lipinski definition) is 3. The van der Waals surface area contributed by atoms with Gasteiger partial charge in [0.15, 0.2) is 0 Å². The van der Waals surface area contributed by atoms with Gasteiger partial charge in [0.25, 0.3) is 5.91 Å². The Hall–Kier alpha value is -2.86. The Morgan fingerprint density at radius 3 is 2.28 bits per heavy atom. The van der Waals surface area contributed by atoms with Gasteiger partial charge in [0.1, 0.15) is 12.3 Å². The van der Waals surface area contributed by atoms with Gasteiger partial charge in [-0.25, -0.2) is 0 Å². The Kier molecular flexibility index (Phi) is 8.68. The fourth-order valence-electron chi connectivity index (χ4n) is 3.49. The molecule has 2 aromatic carbocycles. The molecule has 0 spiro atoms. The predicted molar refractivity (Wildman–Crippen MR) is 129 cm³/mol. The molecule has 32 heavy (non-hydrogen) atoms. The van der Waals surface area contributed by atoms with Crippen LogP contribution in [0.15, 0.2) is 81.9 Å². The summed E-state index contributed by atoms with van der Waals surface area (Å²) in [5, 5.41) is 0. The monoisotopic (exact) mass is 496 g/mol. The van der Waals surface area contributed by atoms with Gasteiger partial charge in [-0.2, -0.15) is 0 Å². The molecule has 0 bridgehead atoms. The molecule has 5 nitrogen and oxygen atoms in total. The van der Waals surface area contributed by atoms with Crippen LogP contribution in [-0.2, 0) is 17.8 Å².